The monoisotopic (exact) mass is 197 g/mol. The molecule has 0 amide bonds. The van der Waals surface area contributed by atoms with Crippen molar-refractivity contribution in [3.8, 4) is 0 Å². The smallest absolute Gasteiger partial charge is 0.319 e. The van der Waals surface area contributed by atoms with Crippen LogP contribution in [0, 0.1) is 0 Å². The first-order valence-corrected chi connectivity index (χ1v) is 4.61. The van der Waals surface area contributed by atoms with Crippen molar-refractivity contribution in [1.82, 2.24) is 5.32 Å². The molecule has 1 N–H and O–H groups in total. The van der Waals surface area contributed by atoms with E-state index in [0.717, 1.165) is 12.2 Å². The Morgan fingerprint density at radius 2 is 2.50 bits per heavy atom. The molecule has 1 aromatic rings. The van der Waals surface area contributed by atoms with Crippen molar-refractivity contribution in [3.05, 3.63) is 24.2 Å². The number of nitrogens with one attached hydrogen (secondary N) is 1. The molecule has 0 aliphatic carbocycles. The molecule has 1 rings (SSSR count). The third-order valence-corrected chi connectivity index (χ3v) is 2.02. The van der Waals surface area contributed by atoms with E-state index in [-0.39, 0.29) is 18.6 Å². The van der Waals surface area contributed by atoms with Gasteiger partial charge in [-0.05, 0) is 18.6 Å². The summed E-state index contributed by atoms with van der Waals surface area (Å²) in [6.45, 7) is 2.23. The first kappa shape index (κ1) is 10.8. The lowest BCUT2D eigenvalue weighted by Crippen LogP contribution is -2.27. The fourth-order valence-corrected chi connectivity index (χ4v) is 1.21. The van der Waals surface area contributed by atoms with E-state index in [0.29, 0.717) is 0 Å². The number of ether oxygens (including phenoxy) is 1. The lowest BCUT2D eigenvalue weighted by Gasteiger charge is -2.12. The molecule has 0 saturated carbocycles. The molecular weight excluding hydrogens is 182 g/mol. The molecular formula is C10H15NO3. The third kappa shape index (κ3) is 2.88. The molecule has 1 atom stereocenters. The Bertz CT molecular complexity index is 269. The van der Waals surface area contributed by atoms with Crippen LogP contribution >= 0.6 is 0 Å². The van der Waals surface area contributed by atoms with Gasteiger partial charge < -0.3 is 9.15 Å². The number of furan rings is 1. The Kier molecular flexibility index (Phi) is 4.19. The fourth-order valence-electron chi connectivity index (χ4n) is 1.21. The minimum atomic E-state index is -0.269. The minimum Gasteiger partial charge on any atom is -0.468 e. The van der Waals surface area contributed by atoms with Crippen LogP contribution in [0.2, 0.25) is 0 Å². The van der Waals surface area contributed by atoms with E-state index >= 15 is 0 Å². The van der Waals surface area contributed by atoms with Gasteiger partial charge in [0.1, 0.15) is 5.76 Å². The van der Waals surface area contributed by atoms with Crippen LogP contribution in [0.25, 0.3) is 0 Å². The van der Waals surface area contributed by atoms with Crippen LogP contribution in [0.15, 0.2) is 22.8 Å². The summed E-state index contributed by atoms with van der Waals surface area (Å²) in [6.07, 6.45) is 2.49. The summed E-state index contributed by atoms with van der Waals surface area (Å²) < 4.78 is 9.77. The Balaban J connectivity index is 2.44. The second kappa shape index (κ2) is 5.44. The summed E-state index contributed by atoms with van der Waals surface area (Å²) in [5, 5.41) is 3.05. The highest BCUT2D eigenvalue weighted by Gasteiger charge is 2.12. The van der Waals surface area contributed by atoms with Crippen molar-refractivity contribution in [2.75, 3.05) is 13.7 Å². The predicted molar refractivity (Wildman–Crippen MR) is 51.8 cm³/mol. The standard InChI is InChI=1S/C10H15NO3/c1-3-8(9-5-4-6-14-9)11-7-10(12)13-2/h4-6,8,11H,3,7H2,1-2H3. The van der Waals surface area contributed by atoms with Crippen LogP contribution in [-0.4, -0.2) is 19.6 Å². The molecule has 0 aliphatic heterocycles. The van der Waals surface area contributed by atoms with Crippen LogP contribution in [0.1, 0.15) is 25.1 Å². The number of carbonyl (C=O) groups excluding carboxylic acids is 1. The first-order valence-electron chi connectivity index (χ1n) is 4.61. The van der Waals surface area contributed by atoms with Crippen LogP contribution in [0.4, 0.5) is 0 Å². The second-order valence-electron chi connectivity index (χ2n) is 2.93. The van der Waals surface area contributed by atoms with E-state index in [4.69, 9.17) is 4.42 Å². The largest absolute Gasteiger partial charge is 0.468 e. The Morgan fingerprint density at radius 1 is 1.71 bits per heavy atom. The van der Waals surface area contributed by atoms with Gasteiger partial charge in [0.15, 0.2) is 0 Å². The van der Waals surface area contributed by atoms with Crippen LogP contribution in [0.5, 0.6) is 0 Å². The van der Waals surface area contributed by atoms with Crippen molar-refractivity contribution in [1.29, 1.82) is 0 Å². The van der Waals surface area contributed by atoms with Gasteiger partial charge in [-0.25, -0.2) is 0 Å². The summed E-state index contributed by atoms with van der Waals surface area (Å²) in [7, 11) is 1.37. The molecule has 4 nitrogen and oxygen atoms in total. The zero-order valence-electron chi connectivity index (χ0n) is 8.45. The van der Waals surface area contributed by atoms with Gasteiger partial charge in [0, 0.05) is 0 Å². The normalized spacial score (nSPS) is 12.4. The Labute approximate surface area is 83.2 Å². The molecule has 1 heterocycles. The summed E-state index contributed by atoms with van der Waals surface area (Å²) in [4.78, 5) is 10.9. The number of hydrogen-bond acceptors (Lipinski definition) is 4. The van der Waals surface area contributed by atoms with Crippen LogP contribution < -0.4 is 5.32 Å². The van der Waals surface area contributed by atoms with E-state index < -0.39 is 0 Å². The summed E-state index contributed by atoms with van der Waals surface area (Å²) in [5.74, 6) is 0.575. The maximum Gasteiger partial charge on any atom is 0.319 e. The van der Waals surface area contributed by atoms with Crippen molar-refractivity contribution < 1.29 is 13.9 Å². The molecule has 14 heavy (non-hydrogen) atoms. The van der Waals surface area contributed by atoms with Gasteiger partial charge >= 0.3 is 5.97 Å². The van der Waals surface area contributed by atoms with E-state index in [1.54, 1.807) is 6.26 Å². The minimum absolute atomic E-state index is 0.0732. The van der Waals surface area contributed by atoms with E-state index in [2.05, 4.69) is 10.1 Å². The highest BCUT2D eigenvalue weighted by molar-refractivity contribution is 5.71. The van der Waals surface area contributed by atoms with E-state index in [9.17, 15) is 4.79 Å². The van der Waals surface area contributed by atoms with Crippen LogP contribution in [0.3, 0.4) is 0 Å². The summed E-state index contributed by atoms with van der Waals surface area (Å²) in [6, 6.07) is 3.79. The average Bonchev–Trinajstić information content (AvgIpc) is 2.72. The highest BCUT2D eigenvalue weighted by Crippen LogP contribution is 2.16. The lowest BCUT2D eigenvalue weighted by molar-refractivity contribution is -0.139. The first-order chi connectivity index (χ1) is 6.77. The third-order valence-electron chi connectivity index (χ3n) is 2.02. The molecule has 0 radical (unpaired) electrons. The number of carbonyl (C=O) groups is 1. The fraction of sp³-hybridized carbons (Fsp3) is 0.500. The quantitative estimate of drug-likeness (QED) is 0.727. The molecule has 0 fully saturated rings. The molecule has 1 unspecified atom stereocenters. The molecule has 0 saturated heterocycles. The van der Waals surface area contributed by atoms with Gasteiger partial charge in [-0.15, -0.1) is 0 Å². The zero-order valence-corrected chi connectivity index (χ0v) is 8.45. The van der Waals surface area contributed by atoms with Crippen molar-refractivity contribution in [2.45, 2.75) is 19.4 Å². The molecule has 0 bridgehead atoms. The van der Waals surface area contributed by atoms with Crippen molar-refractivity contribution in [3.63, 3.8) is 0 Å². The summed E-state index contributed by atoms with van der Waals surface area (Å²) in [5.41, 5.74) is 0. The van der Waals surface area contributed by atoms with Gasteiger partial charge in [0.25, 0.3) is 0 Å². The van der Waals surface area contributed by atoms with E-state index in [1.807, 2.05) is 19.1 Å². The topological polar surface area (TPSA) is 51.5 Å². The Hall–Kier alpha value is -1.29. The number of esters is 1. The van der Waals surface area contributed by atoms with Gasteiger partial charge in [-0.3, -0.25) is 10.1 Å². The average molecular weight is 197 g/mol. The van der Waals surface area contributed by atoms with Crippen molar-refractivity contribution >= 4 is 5.97 Å². The zero-order chi connectivity index (χ0) is 10.4. The molecule has 1 aromatic heterocycles. The van der Waals surface area contributed by atoms with Gasteiger partial charge in [0.05, 0.1) is 26.0 Å². The van der Waals surface area contributed by atoms with Gasteiger partial charge in [-0.1, -0.05) is 6.92 Å². The molecule has 0 aliphatic rings. The SMILES string of the molecule is CCC(NCC(=O)OC)c1ccco1. The maximum atomic E-state index is 10.9. The van der Waals surface area contributed by atoms with Crippen LogP contribution in [-0.2, 0) is 9.53 Å². The maximum absolute atomic E-state index is 10.9. The molecule has 78 valence electrons. The molecule has 4 heteroatoms. The molecule has 0 aromatic carbocycles. The van der Waals surface area contributed by atoms with E-state index in [1.165, 1.54) is 7.11 Å². The lowest BCUT2D eigenvalue weighted by atomic mass is 10.2. The molecule has 0 spiro atoms. The number of methoxy groups -OCH3 is 1. The Morgan fingerprint density at radius 3 is 3.00 bits per heavy atom. The predicted octanol–water partition coefficient (Wildman–Crippen LogP) is 1.49. The van der Waals surface area contributed by atoms with Gasteiger partial charge in [-0.2, -0.15) is 0 Å². The number of hydrogen-bond donors (Lipinski definition) is 1. The van der Waals surface area contributed by atoms with Crippen molar-refractivity contribution in [2.24, 2.45) is 0 Å². The number of rotatable bonds is 5. The summed E-state index contributed by atoms with van der Waals surface area (Å²) >= 11 is 0. The second-order valence-corrected chi connectivity index (χ2v) is 2.93. The highest BCUT2D eigenvalue weighted by atomic mass is 16.5. The van der Waals surface area contributed by atoms with Gasteiger partial charge in [0.2, 0.25) is 0 Å².